The van der Waals surface area contributed by atoms with Crippen LogP contribution in [0.3, 0.4) is 0 Å². The highest BCUT2D eigenvalue weighted by Crippen LogP contribution is 2.25. The van der Waals surface area contributed by atoms with E-state index in [2.05, 4.69) is 4.98 Å². The van der Waals surface area contributed by atoms with Gasteiger partial charge in [-0.1, -0.05) is 6.07 Å². The molecule has 2 aromatic rings. The Morgan fingerprint density at radius 3 is 2.62 bits per heavy atom. The SMILES string of the molecule is O=c1c(O)cnc(CN2Cc3ccc(F)cc3C2)n1CC(F)(F)F. The highest BCUT2D eigenvalue weighted by molar-refractivity contribution is 5.31. The lowest BCUT2D eigenvalue weighted by atomic mass is 10.1. The van der Waals surface area contributed by atoms with Crippen LogP contribution in [0.15, 0.2) is 29.2 Å². The van der Waals surface area contributed by atoms with E-state index in [0.29, 0.717) is 17.7 Å². The average Bonchev–Trinajstić information content (AvgIpc) is 2.87. The van der Waals surface area contributed by atoms with Gasteiger partial charge in [0.05, 0.1) is 12.7 Å². The van der Waals surface area contributed by atoms with Crippen LogP contribution in [0, 0.1) is 5.82 Å². The zero-order chi connectivity index (χ0) is 17.5. The van der Waals surface area contributed by atoms with Crippen molar-refractivity contribution in [3.05, 3.63) is 57.5 Å². The lowest BCUT2D eigenvalue weighted by molar-refractivity contribution is -0.142. The van der Waals surface area contributed by atoms with Gasteiger partial charge in [-0.05, 0) is 23.3 Å². The summed E-state index contributed by atoms with van der Waals surface area (Å²) in [4.78, 5) is 17.3. The van der Waals surface area contributed by atoms with Crippen molar-refractivity contribution >= 4 is 0 Å². The third-order valence-electron chi connectivity index (χ3n) is 3.77. The molecule has 0 saturated carbocycles. The van der Waals surface area contributed by atoms with Crippen molar-refractivity contribution in [2.45, 2.75) is 32.4 Å². The molecule has 1 aromatic heterocycles. The van der Waals surface area contributed by atoms with E-state index in [1.54, 1.807) is 11.0 Å². The predicted octanol–water partition coefficient (Wildman–Crippen LogP) is 2.17. The van der Waals surface area contributed by atoms with Gasteiger partial charge in [0.15, 0.2) is 5.75 Å². The Labute approximate surface area is 133 Å². The minimum Gasteiger partial charge on any atom is -0.502 e. The van der Waals surface area contributed by atoms with Crippen LogP contribution in [0.4, 0.5) is 17.6 Å². The van der Waals surface area contributed by atoms with Crippen molar-refractivity contribution in [2.24, 2.45) is 0 Å². The molecule has 0 saturated heterocycles. The monoisotopic (exact) mass is 343 g/mol. The smallest absolute Gasteiger partial charge is 0.406 e. The van der Waals surface area contributed by atoms with Gasteiger partial charge in [-0.15, -0.1) is 0 Å². The van der Waals surface area contributed by atoms with Crippen LogP contribution in [0.1, 0.15) is 17.0 Å². The number of aromatic nitrogens is 2. The Bertz CT molecular complexity index is 832. The molecule has 0 spiro atoms. The van der Waals surface area contributed by atoms with Gasteiger partial charge in [0.2, 0.25) is 0 Å². The van der Waals surface area contributed by atoms with Crippen LogP contribution < -0.4 is 5.56 Å². The van der Waals surface area contributed by atoms with E-state index in [4.69, 9.17) is 0 Å². The molecule has 0 unspecified atom stereocenters. The lowest BCUT2D eigenvalue weighted by Gasteiger charge is -2.19. The molecule has 0 fully saturated rings. The molecule has 1 aliphatic heterocycles. The third kappa shape index (κ3) is 3.40. The fraction of sp³-hybridized carbons (Fsp3) is 0.333. The number of halogens is 4. The van der Waals surface area contributed by atoms with Crippen molar-refractivity contribution in [1.29, 1.82) is 0 Å². The summed E-state index contributed by atoms with van der Waals surface area (Å²) in [6.45, 7) is -0.798. The quantitative estimate of drug-likeness (QED) is 0.868. The highest BCUT2D eigenvalue weighted by atomic mass is 19.4. The number of nitrogens with zero attached hydrogens (tertiary/aromatic N) is 3. The number of hydrogen-bond acceptors (Lipinski definition) is 4. The third-order valence-corrected chi connectivity index (χ3v) is 3.77. The maximum absolute atomic E-state index is 13.2. The first-order valence-corrected chi connectivity index (χ1v) is 7.07. The largest absolute Gasteiger partial charge is 0.502 e. The molecular formula is C15H13F4N3O2. The van der Waals surface area contributed by atoms with E-state index in [1.165, 1.54) is 12.1 Å². The normalized spacial score (nSPS) is 14.8. The number of hydrogen-bond donors (Lipinski definition) is 1. The molecule has 0 atom stereocenters. The number of rotatable bonds is 3. The summed E-state index contributed by atoms with van der Waals surface area (Å²) in [5.74, 6) is -1.33. The van der Waals surface area contributed by atoms with Crippen LogP contribution in [-0.4, -0.2) is 25.7 Å². The molecule has 2 heterocycles. The average molecular weight is 343 g/mol. The van der Waals surface area contributed by atoms with Gasteiger partial charge in [-0.25, -0.2) is 9.37 Å². The molecule has 9 heteroatoms. The van der Waals surface area contributed by atoms with E-state index >= 15 is 0 Å². The standard InChI is InChI=1S/C15H13F4N3O2/c16-11-2-1-9-5-21(6-10(9)3-11)7-13-20-4-12(23)14(24)22(13)8-15(17,18)19/h1-4,23H,5-8H2. The Morgan fingerprint density at radius 2 is 1.92 bits per heavy atom. The van der Waals surface area contributed by atoms with Gasteiger partial charge in [-0.2, -0.15) is 13.2 Å². The molecule has 0 amide bonds. The van der Waals surface area contributed by atoms with Crippen LogP contribution in [0.2, 0.25) is 0 Å². The van der Waals surface area contributed by atoms with Crippen LogP contribution >= 0.6 is 0 Å². The molecular weight excluding hydrogens is 330 g/mol. The van der Waals surface area contributed by atoms with Crippen LogP contribution in [0.5, 0.6) is 5.75 Å². The van der Waals surface area contributed by atoms with Crippen molar-refractivity contribution < 1.29 is 22.7 Å². The van der Waals surface area contributed by atoms with E-state index < -0.39 is 24.0 Å². The summed E-state index contributed by atoms with van der Waals surface area (Å²) < 4.78 is 51.7. The highest BCUT2D eigenvalue weighted by Gasteiger charge is 2.31. The van der Waals surface area contributed by atoms with Gasteiger partial charge in [0.25, 0.3) is 5.56 Å². The Balaban J connectivity index is 1.86. The maximum Gasteiger partial charge on any atom is 0.406 e. The number of aromatic hydroxyl groups is 1. The Morgan fingerprint density at radius 1 is 1.21 bits per heavy atom. The first-order valence-electron chi connectivity index (χ1n) is 7.07. The second-order valence-corrected chi connectivity index (χ2v) is 5.62. The van der Waals surface area contributed by atoms with Gasteiger partial charge in [0.1, 0.15) is 18.2 Å². The minimum atomic E-state index is -4.62. The van der Waals surface area contributed by atoms with E-state index in [-0.39, 0.29) is 18.2 Å². The molecule has 0 radical (unpaired) electrons. The van der Waals surface area contributed by atoms with Crippen LogP contribution in [-0.2, 0) is 26.2 Å². The minimum absolute atomic E-state index is 0.0259. The van der Waals surface area contributed by atoms with Crippen molar-refractivity contribution in [3.63, 3.8) is 0 Å². The van der Waals surface area contributed by atoms with Crippen molar-refractivity contribution in [3.8, 4) is 5.75 Å². The fourth-order valence-electron chi connectivity index (χ4n) is 2.73. The summed E-state index contributed by atoms with van der Waals surface area (Å²) >= 11 is 0. The first-order chi connectivity index (χ1) is 11.2. The number of fused-ring (bicyclic) bond motifs is 1. The first kappa shape index (κ1) is 16.4. The predicted molar refractivity (Wildman–Crippen MR) is 75.6 cm³/mol. The second kappa shape index (κ2) is 5.90. The molecule has 24 heavy (non-hydrogen) atoms. The van der Waals surface area contributed by atoms with E-state index in [1.807, 2.05) is 0 Å². The molecule has 1 aromatic carbocycles. The van der Waals surface area contributed by atoms with E-state index in [0.717, 1.165) is 17.3 Å². The van der Waals surface area contributed by atoms with Gasteiger partial charge in [-0.3, -0.25) is 14.3 Å². The summed E-state index contributed by atoms with van der Waals surface area (Å²) in [5, 5.41) is 9.34. The van der Waals surface area contributed by atoms with E-state index in [9.17, 15) is 27.5 Å². The van der Waals surface area contributed by atoms with Crippen LogP contribution in [0.25, 0.3) is 0 Å². The maximum atomic E-state index is 13.2. The van der Waals surface area contributed by atoms with Gasteiger partial charge < -0.3 is 5.11 Å². The lowest BCUT2D eigenvalue weighted by Crippen LogP contribution is -2.33. The molecule has 5 nitrogen and oxygen atoms in total. The molecule has 3 rings (SSSR count). The van der Waals surface area contributed by atoms with Gasteiger partial charge in [0, 0.05) is 13.1 Å². The Hall–Kier alpha value is -2.42. The zero-order valence-corrected chi connectivity index (χ0v) is 12.3. The Kier molecular flexibility index (Phi) is 4.04. The summed E-state index contributed by atoms with van der Waals surface area (Å²) in [7, 11) is 0. The van der Waals surface area contributed by atoms with Gasteiger partial charge >= 0.3 is 6.18 Å². The zero-order valence-electron chi connectivity index (χ0n) is 12.3. The summed E-state index contributed by atoms with van der Waals surface area (Å²) in [6, 6.07) is 4.32. The van der Waals surface area contributed by atoms with Crippen molar-refractivity contribution in [2.75, 3.05) is 0 Å². The topological polar surface area (TPSA) is 58.4 Å². The molecule has 128 valence electrons. The molecule has 1 N–H and O–H groups in total. The second-order valence-electron chi connectivity index (χ2n) is 5.62. The molecule has 0 bridgehead atoms. The molecule has 1 aliphatic rings. The summed E-state index contributed by atoms with van der Waals surface area (Å²) in [6.07, 6.45) is -3.78. The van der Waals surface area contributed by atoms with Crippen molar-refractivity contribution in [1.82, 2.24) is 14.5 Å². The number of benzene rings is 1. The summed E-state index contributed by atoms with van der Waals surface area (Å²) in [5.41, 5.74) is 0.485. The fourth-order valence-corrected chi connectivity index (χ4v) is 2.73. The number of alkyl halides is 3. The molecule has 0 aliphatic carbocycles.